The third-order valence-corrected chi connectivity index (χ3v) is 8.55. The van der Waals surface area contributed by atoms with Crippen LogP contribution in [-0.2, 0) is 30.2 Å². The topological polar surface area (TPSA) is 115 Å². The highest BCUT2D eigenvalue weighted by Gasteiger charge is 2.44. The SMILES string of the molecule is CCOc1ccccc1N1C(=O)CC(N2CCN(c3nc4c(c(=O)n(C)c(=O)n4C)n3Cc3ccccc3Cl)CC2)C1=O. The van der Waals surface area contributed by atoms with Gasteiger partial charge in [-0.15, -0.1) is 0 Å². The first-order chi connectivity index (χ1) is 20.7. The van der Waals surface area contributed by atoms with Gasteiger partial charge in [-0.2, -0.15) is 4.98 Å². The van der Waals surface area contributed by atoms with E-state index in [0.717, 1.165) is 10.1 Å². The van der Waals surface area contributed by atoms with Crippen molar-refractivity contribution >= 4 is 46.2 Å². The zero-order valence-corrected chi connectivity index (χ0v) is 25.0. The van der Waals surface area contributed by atoms with Crippen LogP contribution in [0.25, 0.3) is 11.2 Å². The highest BCUT2D eigenvalue weighted by Crippen LogP contribution is 2.34. The Hall–Kier alpha value is -4.42. The molecule has 0 spiro atoms. The number of carbonyl (C=O) groups excluding carboxylic acids is 2. The summed E-state index contributed by atoms with van der Waals surface area (Å²) in [5, 5.41) is 0.557. The number of imidazole rings is 1. The van der Waals surface area contributed by atoms with Crippen LogP contribution in [0.5, 0.6) is 5.75 Å². The Morgan fingerprint density at radius 2 is 1.63 bits per heavy atom. The van der Waals surface area contributed by atoms with Crippen LogP contribution in [-0.4, -0.2) is 74.2 Å². The number of ether oxygens (including phenoxy) is 1. The number of para-hydroxylation sites is 2. The number of aromatic nitrogens is 4. The van der Waals surface area contributed by atoms with Gasteiger partial charge in [0.1, 0.15) is 5.75 Å². The molecule has 0 saturated carbocycles. The molecule has 4 heterocycles. The molecular formula is C30H32ClN7O5. The number of hydrogen-bond acceptors (Lipinski definition) is 8. The number of piperazine rings is 1. The van der Waals surface area contributed by atoms with Gasteiger partial charge in [0, 0.05) is 45.3 Å². The number of carbonyl (C=O) groups is 2. The normalized spacial score (nSPS) is 17.8. The van der Waals surface area contributed by atoms with Gasteiger partial charge in [0.2, 0.25) is 11.9 Å². The van der Waals surface area contributed by atoms with Crippen molar-refractivity contribution in [1.82, 2.24) is 23.6 Å². The van der Waals surface area contributed by atoms with Gasteiger partial charge < -0.3 is 9.64 Å². The number of benzene rings is 2. The van der Waals surface area contributed by atoms with Crippen LogP contribution < -0.4 is 25.8 Å². The van der Waals surface area contributed by atoms with E-state index in [1.807, 2.05) is 45.6 Å². The summed E-state index contributed by atoms with van der Waals surface area (Å²) in [6.45, 7) is 4.53. The second-order valence-corrected chi connectivity index (χ2v) is 11.1. The summed E-state index contributed by atoms with van der Waals surface area (Å²) in [4.78, 5) is 62.8. The lowest BCUT2D eigenvalue weighted by molar-refractivity contribution is -0.123. The minimum Gasteiger partial charge on any atom is -0.492 e. The Morgan fingerprint density at radius 1 is 0.930 bits per heavy atom. The minimum atomic E-state index is -0.584. The summed E-state index contributed by atoms with van der Waals surface area (Å²) in [5.41, 5.74) is 0.962. The van der Waals surface area contributed by atoms with Crippen molar-refractivity contribution in [2.45, 2.75) is 25.9 Å². The molecule has 2 saturated heterocycles. The number of halogens is 1. The maximum Gasteiger partial charge on any atom is 0.332 e. The van der Waals surface area contributed by atoms with Crippen molar-refractivity contribution in [2.24, 2.45) is 14.1 Å². The van der Waals surface area contributed by atoms with Gasteiger partial charge in [-0.1, -0.05) is 41.9 Å². The van der Waals surface area contributed by atoms with E-state index in [1.54, 1.807) is 31.3 Å². The fourth-order valence-electron chi connectivity index (χ4n) is 5.93. The van der Waals surface area contributed by atoms with Gasteiger partial charge in [0.15, 0.2) is 11.2 Å². The smallest absolute Gasteiger partial charge is 0.332 e. The molecule has 12 nitrogen and oxygen atoms in total. The van der Waals surface area contributed by atoms with Gasteiger partial charge in [-0.3, -0.25) is 33.0 Å². The lowest BCUT2D eigenvalue weighted by atomic mass is 10.1. The molecule has 2 amide bonds. The number of imide groups is 1. The van der Waals surface area contributed by atoms with Crippen molar-refractivity contribution < 1.29 is 14.3 Å². The molecule has 1 atom stereocenters. The zero-order chi connectivity index (χ0) is 30.4. The van der Waals surface area contributed by atoms with Crippen LogP contribution in [0.15, 0.2) is 58.1 Å². The van der Waals surface area contributed by atoms with E-state index in [-0.39, 0.29) is 30.4 Å². The average Bonchev–Trinajstić information content (AvgIpc) is 3.53. The van der Waals surface area contributed by atoms with Gasteiger partial charge in [0.05, 0.1) is 31.3 Å². The number of anilines is 2. The van der Waals surface area contributed by atoms with E-state index >= 15 is 0 Å². The molecule has 43 heavy (non-hydrogen) atoms. The quantitative estimate of drug-likeness (QED) is 0.294. The molecule has 4 aromatic rings. The molecule has 1 unspecified atom stereocenters. The monoisotopic (exact) mass is 605 g/mol. The molecule has 2 aromatic carbocycles. The standard InChI is InChI=1S/C30H32ClN7O5/c1-4-43-23-12-8-7-11-21(23)38-24(39)17-22(27(38)40)35-13-15-36(16-14-35)29-32-26-25(28(41)34(3)30(42)33(26)2)37(29)18-19-9-5-6-10-20(19)31/h5-12,22H,4,13-18H2,1-3H3. The Balaban J connectivity index is 1.29. The minimum absolute atomic E-state index is 0.0858. The number of rotatable bonds is 7. The summed E-state index contributed by atoms with van der Waals surface area (Å²) < 4.78 is 9.94. The van der Waals surface area contributed by atoms with Crippen LogP contribution in [0.3, 0.4) is 0 Å². The molecule has 224 valence electrons. The predicted molar refractivity (Wildman–Crippen MR) is 163 cm³/mol. The summed E-state index contributed by atoms with van der Waals surface area (Å²) >= 11 is 6.49. The summed E-state index contributed by atoms with van der Waals surface area (Å²) in [7, 11) is 3.04. The highest BCUT2D eigenvalue weighted by atomic mass is 35.5. The first-order valence-corrected chi connectivity index (χ1v) is 14.6. The van der Waals surface area contributed by atoms with Gasteiger partial charge in [0.25, 0.3) is 11.5 Å². The number of nitrogens with zero attached hydrogens (tertiary/aromatic N) is 7. The third-order valence-electron chi connectivity index (χ3n) is 8.18. The van der Waals surface area contributed by atoms with Gasteiger partial charge >= 0.3 is 5.69 Å². The number of hydrogen-bond donors (Lipinski definition) is 0. The second-order valence-electron chi connectivity index (χ2n) is 10.7. The molecule has 0 N–H and O–H groups in total. The van der Waals surface area contributed by atoms with Crippen LogP contribution in [0.4, 0.5) is 11.6 Å². The maximum absolute atomic E-state index is 13.6. The number of aryl methyl sites for hydroxylation is 1. The van der Waals surface area contributed by atoms with Crippen molar-refractivity contribution in [2.75, 3.05) is 42.6 Å². The maximum atomic E-state index is 13.6. The zero-order valence-electron chi connectivity index (χ0n) is 24.2. The molecular weight excluding hydrogens is 574 g/mol. The predicted octanol–water partition coefficient (Wildman–Crippen LogP) is 1.99. The Bertz CT molecular complexity index is 1850. The Morgan fingerprint density at radius 3 is 2.35 bits per heavy atom. The molecule has 0 aliphatic carbocycles. The molecule has 0 radical (unpaired) electrons. The molecule has 2 aliphatic rings. The Labute approximate surface area is 252 Å². The molecule has 2 aliphatic heterocycles. The lowest BCUT2D eigenvalue weighted by Gasteiger charge is -2.37. The van der Waals surface area contributed by atoms with Gasteiger partial charge in [-0.05, 0) is 30.7 Å². The summed E-state index contributed by atoms with van der Waals surface area (Å²) in [6, 6.07) is 13.9. The first-order valence-electron chi connectivity index (χ1n) is 14.2. The van der Waals surface area contributed by atoms with E-state index in [9.17, 15) is 19.2 Å². The molecule has 2 aromatic heterocycles. The van der Waals surface area contributed by atoms with Crippen LogP contribution >= 0.6 is 11.6 Å². The second kappa shape index (κ2) is 11.3. The van der Waals surface area contributed by atoms with E-state index in [0.29, 0.717) is 60.7 Å². The van der Waals surface area contributed by atoms with Crippen molar-refractivity contribution in [3.63, 3.8) is 0 Å². The molecule has 6 rings (SSSR count). The van der Waals surface area contributed by atoms with E-state index in [1.165, 1.54) is 16.5 Å². The summed E-state index contributed by atoms with van der Waals surface area (Å²) in [5.74, 6) is 0.502. The fraction of sp³-hybridized carbons (Fsp3) is 0.367. The van der Waals surface area contributed by atoms with E-state index in [4.69, 9.17) is 21.3 Å². The third kappa shape index (κ3) is 4.90. The number of amides is 2. The average molecular weight is 606 g/mol. The first kappa shape index (κ1) is 28.7. The fourth-order valence-corrected chi connectivity index (χ4v) is 6.13. The number of fused-ring (bicyclic) bond motifs is 1. The van der Waals surface area contributed by atoms with Crippen molar-refractivity contribution in [1.29, 1.82) is 0 Å². The Kier molecular flexibility index (Phi) is 7.57. The molecule has 2 fully saturated rings. The highest BCUT2D eigenvalue weighted by molar-refractivity contribution is 6.31. The van der Waals surface area contributed by atoms with Crippen LogP contribution in [0.2, 0.25) is 5.02 Å². The largest absolute Gasteiger partial charge is 0.492 e. The van der Waals surface area contributed by atoms with Gasteiger partial charge in [-0.25, -0.2) is 9.69 Å². The van der Waals surface area contributed by atoms with E-state index in [2.05, 4.69) is 0 Å². The van der Waals surface area contributed by atoms with Crippen molar-refractivity contribution in [3.05, 3.63) is 80.0 Å². The lowest BCUT2D eigenvalue weighted by Crippen LogP contribution is -2.53. The molecule has 13 heteroatoms. The van der Waals surface area contributed by atoms with Crippen LogP contribution in [0, 0.1) is 0 Å². The van der Waals surface area contributed by atoms with E-state index < -0.39 is 17.3 Å². The summed E-state index contributed by atoms with van der Waals surface area (Å²) in [6.07, 6.45) is 0.0858. The van der Waals surface area contributed by atoms with Crippen LogP contribution in [0.1, 0.15) is 18.9 Å². The van der Waals surface area contributed by atoms with Crippen molar-refractivity contribution in [3.8, 4) is 5.75 Å². The molecule has 0 bridgehead atoms.